The van der Waals surface area contributed by atoms with Crippen LogP contribution in [0.15, 0.2) is 12.1 Å². The van der Waals surface area contributed by atoms with E-state index in [1.54, 1.807) is 0 Å². The number of hydrogen-bond acceptors (Lipinski definition) is 4. The van der Waals surface area contributed by atoms with Gasteiger partial charge in [-0.2, -0.15) is 0 Å². The third kappa shape index (κ3) is 4.61. The lowest BCUT2D eigenvalue weighted by molar-refractivity contribution is -0.123. The molecule has 1 unspecified atom stereocenters. The van der Waals surface area contributed by atoms with Gasteiger partial charge in [-0.3, -0.25) is 4.79 Å². The van der Waals surface area contributed by atoms with Gasteiger partial charge < -0.3 is 15.2 Å². The van der Waals surface area contributed by atoms with Gasteiger partial charge in [0, 0.05) is 16.7 Å². The summed E-state index contributed by atoms with van der Waals surface area (Å²) in [6, 6.07) is 4.13. The van der Waals surface area contributed by atoms with Crippen molar-refractivity contribution in [3.05, 3.63) is 51.2 Å². The summed E-state index contributed by atoms with van der Waals surface area (Å²) < 4.78 is 5.51. The molecule has 2 N–H and O–H groups in total. The van der Waals surface area contributed by atoms with E-state index in [0.717, 1.165) is 33.5 Å². The average molecular weight is 399 g/mol. The highest BCUT2D eigenvalue weighted by molar-refractivity contribution is 5.96. The molecule has 1 aromatic heterocycles. The largest absolute Gasteiger partial charge is 0.479 e. The number of aryl methyl sites for hydroxylation is 4. The van der Waals surface area contributed by atoms with Crippen molar-refractivity contribution in [2.24, 2.45) is 5.41 Å². The third-order valence-corrected chi connectivity index (χ3v) is 5.27. The Labute approximate surface area is 174 Å². The minimum atomic E-state index is -0.906. The molecule has 0 aliphatic carbocycles. The molecule has 0 spiro atoms. The minimum absolute atomic E-state index is 0.158. The monoisotopic (exact) mass is 398 g/mol. The molecule has 0 saturated heterocycles. The topological polar surface area (TPSA) is 71.5 Å². The number of rotatable bonds is 5. The number of carbonyl (C=O) groups excluding carboxylic acids is 1. The maximum atomic E-state index is 12.8. The van der Waals surface area contributed by atoms with E-state index in [-0.39, 0.29) is 5.91 Å². The number of carbonyl (C=O) groups is 1. The van der Waals surface area contributed by atoms with E-state index in [9.17, 15) is 9.90 Å². The molecule has 0 saturated carbocycles. The second-order valence-corrected chi connectivity index (χ2v) is 8.75. The van der Waals surface area contributed by atoms with Crippen LogP contribution in [0.5, 0.6) is 5.88 Å². The Bertz CT molecular complexity index is 904. The predicted octanol–water partition coefficient (Wildman–Crippen LogP) is 4.95. The fourth-order valence-electron chi connectivity index (χ4n) is 3.82. The number of pyridine rings is 1. The van der Waals surface area contributed by atoms with E-state index in [1.807, 2.05) is 55.4 Å². The summed E-state index contributed by atoms with van der Waals surface area (Å²) in [5, 5.41) is 14.5. The highest BCUT2D eigenvalue weighted by Crippen LogP contribution is 2.40. The summed E-state index contributed by atoms with van der Waals surface area (Å²) in [7, 11) is 1.53. The summed E-state index contributed by atoms with van der Waals surface area (Å²) in [6.45, 7) is 15.5. The molecule has 0 fully saturated rings. The lowest BCUT2D eigenvalue weighted by Gasteiger charge is -2.27. The number of anilines is 1. The van der Waals surface area contributed by atoms with Crippen LogP contribution >= 0.6 is 0 Å². The van der Waals surface area contributed by atoms with Gasteiger partial charge in [0.25, 0.3) is 0 Å². The van der Waals surface area contributed by atoms with Gasteiger partial charge in [-0.25, -0.2) is 4.98 Å². The first kappa shape index (κ1) is 22.9. The molecule has 5 heteroatoms. The molecule has 1 aromatic carbocycles. The van der Waals surface area contributed by atoms with Gasteiger partial charge in [-0.15, -0.1) is 0 Å². The quantitative estimate of drug-likeness (QED) is 0.747. The highest BCUT2D eigenvalue weighted by atomic mass is 16.5. The zero-order chi connectivity index (χ0) is 22.1. The summed E-state index contributed by atoms with van der Waals surface area (Å²) in [5.41, 5.74) is 6.24. The van der Waals surface area contributed by atoms with Crippen molar-refractivity contribution >= 4 is 11.6 Å². The standard InChI is InChI=1S/C24H34N2O3/c1-10-17-16(5)25-22(29-9)20(26-23(28)24(6,7)8)19(17)21(27)18-14(3)11-13(2)12-15(18)4/h11-12,21,27H,10H2,1-9H3,(H,26,28). The second-order valence-electron chi connectivity index (χ2n) is 8.75. The molecule has 0 aliphatic rings. The predicted molar refractivity (Wildman–Crippen MR) is 118 cm³/mol. The molecule has 1 heterocycles. The Morgan fingerprint density at radius 3 is 2.14 bits per heavy atom. The Kier molecular flexibility index (Phi) is 6.74. The van der Waals surface area contributed by atoms with Crippen LogP contribution in [0.1, 0.15) is 72.9 Å². The van der Waals surface area contributed by atoms with Gasteiger partial charge in [-0.05, 0) is 56.4 Å². The number of nitrogens with one attached hydrogen (secondary N) is 1. The van der Waals surface area contributed by atoms with Crippen molar-refractivity contribution in [1.29, 1.82) is 0 Å². The van der Waals surface area contributed by atoms with Gasteiger partial charge in [0.15, 0.2) is 0 Å². The maximum absolute atomic E-state index is 12.8. The van der Waals surface area contributed by atoms with Crippen LogP contribution in [0.2, 0.25) is 0 Å². The van der Waals surface area contributed by atoms with E-state index in [2.05, 4.69) is 22.4 Å². The first-order chi connectivity index (χ1) is 13.4. The van der Waals surface area contributed by atoms with Crippen molar-refractivity contribution in [2.45, 2.75) is 67.9 Å². The molecule has 2 aromatic rings. The van der Waals surface area contributed by atoms with Crippen LogP contribution in [0.3, 0.4) is 0 Å². The zero-order valence-corrected chi connectivity index (χ0v) is 19.2. The number of aromatic nitrogens is 1. The molecule has 1 atom stereocenters. The van der Waals surface area contributed by atoms with Crippen LogP contribution in [-0.2, 0) is 11.2 Å². The minimum Gasteiger partial charge on any atom is -0.479 e. The number of nitrogens with zero attached hydrogens (tertiary/aromatic N) is 1. The number of benzene rings is 1. The van der Waals surface area contributed by atoms with Gasteiger partial charge >= 0.3 is 0 Å². The number of ether oxygens (including phenoxy) is 1. The molecule has 1 amide bonds. The molecule has 2 rings (SSSR count). The highest BCUT2D eigenvalue weighted by Gasteiger charge is 2.30. The number of methoxy groups -OCH3 is 1. The summed E-state index contributed by atoms with van der Waals surface area (Å²) in [4.78, 5) is 17.3. The molecule has 5 nitrogen and oxygen atoms in total. The van der Waals surface area contributed by atoms with E-state index in [0.29, 0.717) is 23.6 Å². The van der Waals surface area contributed by atoms with Crippen LogP contribution in [0, 0.1) is 33.1 Å². The second kappa shape index (κ2) is 8.54. The van der Waals surface area contributed by atoms with Crippen molar-refractivity contribution < 1.29 is 14.6 Å². The van der Waals surface area contributed by atoms with Crippen LogP contribution in [0.4, 0.5) is 5.69 Å². The first-order valence-electron chi connectivity index (χ1n) is 10.1. The number of aliphatic hydroxyl groups is 1. The summed E-state index contributed by atoms with van der Waals surface area (Å²) in [6.07, 6.45) is -0.228. The molecular formula is C24H34N2O3. The molecule has 0 radical (unpaired) electrons. The summed E-state index contributed by atoms with van der Waals surface area (Å²) in [5.74, 6) is 0.156. The Morgan fingerprint density at radius 1 is 1.14 bits per heavy atom. The normalized spacial score (nSPS) is 12.6. The lowest BCUT2D eigenvalue weighted by atomic mass is 9.87. The van der Waals surface area contributed by atoms with Gasteiger partial charge in [0.1, 0.15) is 11.8 Å². The fourth-order valence-corrected chi connectivity index (χ4v) is 3.82. The van der Waals surface area contributed by atoms with E-state index in [1.165, 1.54) is 7.11 Å². The molecular weight excluding hydrogens is 364 g/mol. The number of hydrogen-bond donors (Lipinski definition) is 2. The molecule has 0 bridgehead atoms. The smallest absolute Gasteiger partial charge is 0.238 e. The Hall–Kier alpha value is -2.40. The van der Waals surface area contributed by atoms with Gasteiger partial charge in [0.05, 0.1) is 7.11 Å². The number of aliphatic hydroxyl groups excluding tert-OH is 1. The van der Waals surface area contributed by atoms with Crippen molar-refractivity contribution in [1.82, 2.24) is 4.98 Å². The first-order valence-corrected chi connectivity index (χ1v) is 10.1. The SMILES string of the molecule is CCc1c(C)nc(OC)c(NC(=O)C(C)(C)C)c1C(O)c1c(C)cc(C)cc1C. The lowest BCUT2D eigenvalue weighted by Crippen LogP contribution is -2.29. The van der Waals surface area contributed by atoms with Crippen molar-refractivity contribution in [3.8, 4) is 5.88 Å². The average Bonchev–Trinajstić information content (AvgIpc) is 2.60. The summed E-state index contributed by atoms with van der Waals surface area (Å²) >= 11 is 0. The van der Waals surface area contributed by atoms with E-state index >= 15 is 0 Å². The van der Waals surface area contributed by atoms with Crippen LogP contribution < -0.4 is 10.1 Å². The van der Waals surface area contributed by atoms with Crippen molar-refractivity contribution in [2.75, 3.05) is 12.4 Å². The maximum Gasteiger partial charge on any atom is 0.238 e. The fraction of sp³-hybridized carbons (Fsp3) is 0.500. The molecule has 29 heavy (non-hydrogen) atoms. The molecule has 158 valence electrons. The van der Waals surface area contributed by atoms with E-state index in [4.69, 9.17) is 4.74 Å². The number of amides is 1. The van der Waals surface area contributed by atoms with Crippen molar-refractivity contribution in [3.63, 3.8) is 0 Å². The van der Waals surface area contributed by atoms with Crippen LogP contribution in [-0.4, -0.2) is 23.1 Å². The molecule has 0 aliphatic heterocycles. The van der Waals surface area contributed by atoms with Gasteiger partial charge in [-0.1, -0.05) is 45.4 Å². The van der Waals surface area contributed by atoms with E-state index < -0.39 is 11.5 Å². The Balaban J connectivity index is 2.80. The third-order valence-electron chi connectivity index (χ3n) is 5.27. The van der Waals surface area contributed by atoms with Crippen LogP contribution in [0.25, 0.3) is 0 Å². The van der Waals surface area contributed by atoms with Gasteiger partial charge in [0.2, 0.25) is 11.8 Å². The zero-order valence-electron chi connectivity index (χ0n) is 19.2. The Morgan fingerprint density at radius 2 is 1.69 bits per heavy atom.